The van der Waals surface area contributed by atoms with Crippen molar-refractivity contribution in [3.8, 4) is 0 Å². The van der Waals surface area contributed by atoms with E-state index in [2.05, 4.69) is 38.7 Å². The molecule has 19 heavy (non-hydrogen) atoms. The van der Waals surface area contributed by atoms with Crippen LogP contribution in [-0.4, -0.2) is 49.2 Å². The number of hydrogen-bond acceptors (Lipinski definition) is 5. The maximum atomic E-state index is 4.58. The van der Waals surface area contributed by atoms with Crippen molar-refractivity contribution in [2.45, 2.75) is 6.42 Å². The molecule has 2 aromatic rings. The SMILES string of the molecule is c1ccc2sc(NCCCN3CCNCC3)nc2c1. The first-order valence-electron chi connectivity index (χ1n) is 6.94. The summed E-state index contributed by atoms with van der Waals surface area (Å²) in [6.45, 7) is 6.81. The van der Waals surface area contributed by atoms with E-state index in [1.54, 1.807) is 11.3 Å². The second-order valence-corrected chi connectivity index (χ2v) is 5.89. The molecule has 0 radical (unpaired) electrons. The Labute approximate surface area is 117 Å². The number of thiazole rings is 1. The Balaban J connectivity index is 1.44. The molecule has 102 valence electrons. The molecule has 3 rings (SSSR count). The van der Waals surface area contributed by atoms with Crippen LogP contribution in [0.4, 0.5) is 5.13 Å². The number of anilines is 1. The fourth-order valence-corrected chi connectivity index (χ4v) is 3.27. The average Bonchev–Trinajstić information content (AvgIpc) is 2.87. The predicted octanol–water partition coefficient (Wildman–Crippen LogP) is 2.00. The summed E-state index contributed by atoms with van der Waals surface area (Å²) >= 11 is 1.74. The van der Waals surface area contributed by atoms with E-state index in [0.717, 1.165) is 30.3 Å². The first kappa shape index (κ1) is 12.8. The monoisotopic (exact) mass is 276 g/mol. The number of piperazine rings is 1. The van der Waals surface area contributed by atoms with Gasteiger partial charge in [0, 0.05) is 32.7 Å². The minimum atomic E-state index is 1.00. The molecule has 1 saturated heterocycles. The Morgan fingerprint density at radius 1 is 1.26 bits per heavy atom. The highest BCUT2D eigenvalue weighted by atomic mass is 32.1. The van der Waals surface area contributed by atoms with Gasteiger partial charge in [-0.1, -0.05) is 23.5 Å². The first-order chi connectivity index (χ1) is 9.42. The summed E-state index contributed by atoms with van der Waals surface area (Å²) in [7, 11) is 0. The van der Waals surface area contributed by atoms with Gasteiger partial charge in [0.1, 0.15) is 0 Å². The number of aromatic nitrogens is 1. The summed E-state index contributed by atoms with van der Waals surface area (Å²) in [4.78, 5) is 7.11. The lowest BCUT2D eigenvalue weighted by atomic mass is 10.3. The van der Waals surface area contributed by atoms with E-state index in [0.29, 0.717) is 0 Å². The Bertz CT molecular complexity index is 486. The van der Waals surface area contributed by atoms with Crippen molar-refractivity contribution in [3.63, 3.8) is 0 Å². The van der Waals surface area contributed by atoms with Crippen LogP contribution >= 0.6 is 11.3 Å². The van der Waals surface area contributed by atoms with E-state index >= 15 is 0 Å². The summed E-state index contributed by atoms with van der Waals surface area (Å²) in [5, 5.41) is 7.86. The van der Waals surface area contributed by atoms with Crippen molar-refractivity contribution in [2.75, 3.05) is 44.6 Å². The first-order valence-corrected chi connectivity index (χ1v) is 7.76. The topological polar surface area (TPSA) is 40.2 Å². The molecule has 1 aromatic carbocycles. The molecule has 0 bridgehead atoms. The third-order valence-corrected chi connectivity index (χ3v) is 4.42. The number of hydrogen-bond donors (Lipinski definition) is 2. The van der Waals surface area contributed by atoms with Crippen LogP contribution in [0.2, 0.25) is 0 Å². The third-order valence-electron chi connectivity index (χ3n) is 3.43. The van der Waals surface area contributed by atoms with E-state index in [1.807, 2.05) is 6.07 Å². The van der Waals surface area contributed by atoms with Gasteiger partial charge in [0.05, 0.1) is 10.2 Å². The Hall–Kier alpha value is -1.17. The van der Waals surface area contributed by atoms with Crippen molar-refractivity contribution in [3.05, 3.63) is 24.3 Å². The van der Waals surface area contributed by atoms with E-state index in [4.69, 9.17) is 0 Å². The van der Waals surface area contributed by atoms with Crippen LogP contribution in [-0.2, 0) is 0 Å². The summed E-state index contributed by atoms with van der Waals surface area (Å²) in [5.74, 6) is 0. The maximum Gasteiger partial charge on any atom is 0.183 e. The van der Waals surface area contributed by atoms with Crippen LogP contribution in [0.15, 0.2) is 24.3 Å². The summed E-state index contributed by atoms with van der Waals surface area (Å²) < 4.78 is 1.26. The molecule has 2 heterocycles. The maximum absolute atomic E-state index is 4.58. The highest BCUT2D eigenvalue weighted by Gasteiger charge is 2.08. The van der Waals surface area contributed by atoms with Crippen LogP contribution in [0.3, 0.4) is 0 Å². The van der Waals surface area contributed by atoms with Crippen LogP contribution in [0.25, 0.3) is 10.2 Å². The Morgan fingerprint density at radius 3 is 2.95 bits per heavy atom. The molecule has 2 N–H and O–H groups in total. The van der Waals surface area contributed by atoms with Crippen LogP contribution < -0.4 is 10.6 Å². The third kappa shape index (κ3) is 3.43. The van der Waals surface area contributed by atoms with Gasteiger partial charge in [0.25, 0.3) is 0 Å². The number of benzene rings is 1. The van der Waals surface area contributed by atoms with Gasteiger partial charge < -0.3 is 15.5 Å². The quantitative estimate of drug-likeness (QED) is 0.820. The van der Waals surface area contributed by atoms with Crippen molar-refractivity contribution in [1.82, 2.24) is 15.2 Å². The van der Waals surface area contributed by atoms with Gasteiger partial charge in [0.2, 0.25) is 0 Å². The number of fused-ring (bicyclic) bond motifs is 1. The minimum Gasteiger partial charge on any atom is -0.361 e. The lowest BCUT2D eigenvalue weighted by Crippen LogP contribution is -2.44. The molecule has 0 amide bonds. The largest absolute Gasteiger partial charge is 0.361 e. The van der Waals surface area contributed by atoms with E-state index < -0.39 is 0 Å². The predicted molar refractivity (Wildman–Crippen MR) is 82.0 cm³/mol. The molecular formula is C14H20N4S. The van der Waals surface area contributed by atoms with Gasteiger partial charge >= 0.3 is 0 Å². The number of nitrogens with zero attached hydrogens (tertiary/aromatic N) is 2. The van der Waals surface area contributed by atoms with Crippen molar-refractivity contribution >= 4 is 26.7 Å². The van der Waals surface area contributed by atoms with Gasteiger partial charge in [0.15, 0.2) is 5.13 Å². The molecule has 0 saturated carbocycles. The fourth-order valence-electron chi connectivity index (χ4n) is 2.38. The van der Waals surface area contributed by atoms with Gasteiger partial charge in [-0.3, -0.25) is 0 Å². The average molecular weight is 276 g/mol. The second kappa shape index (κ2) is 6.32. The second-order valence-electron chi connectivity index (χ2n) is 4.86. The molecule has 0 atom stereocenters. The van der Waals surface area contributed by atoms with Gasteiger partial charge in [-0.2, -0.15) is 0 Å². The lowest BCUT2D eigenvalue weighted by Gasteiger charge is -2.26. The van der Waals surface area contributed by atoms with Gasteiger partial charge in [-0.05, 0) is 25.1 Å². The lowest BCUT2D eigenvalue weighted by molar-refractivity contribution is 0.240. The molecule has 1 aliphatic heterocycles. The molecular weight excluding hydrogens is 256 g/mol. The highest BCUT2D eigenvalue weighted by Crippen LogP contribution is 2.25. The highest BCUT2D eigenvalue weighted by molar-refractivity contribution is 7.22. The molecule has 0 unspecified atom stereocenters. The van der Waals surface area contributed by atoms with Gasteiger partial charge in [-0.25, -0.2) is 4.98 Å². The number of nitrogens with one attached hydrogen (secondary N) is 2. The number of para-hydroxylation sites is 1. The summed E-state index contributed by atoms with van der Waals surface area (Å²) in [6, 6.07) is 8.29. The van der Waals surface area contributed by atoms with Crippen LogP contribution in [0.1, 0.15) is 6.42 Å². The van der Waals surface area contributed by atoms with E-state index in [9.17, 15) is 0 Å². The molecule has 1 fully saturated rings. The van der Waals surface area contributed by atoms with Gasteiger partial charge in [-0.15, -0.1) is 0 Å². The van der Waals surface area contributed by atoms with Crippen LogP contribution in [0, 0.1) is 0 Å². The van der Waals surface area contributed by atoms with Crippen molar-refractivity contribution < 1.29 is 0 Å². The fraction of sp³-hybridized carbons (Fsp3) is 0.500. The zero-order chi connectivity index (χ0) is 12.9. The number of rotatable bonds is 5. The van der Waals surface area contributed by atoms with E-state index in [1.165, 1.54) is 30.8 Å². The van der Waals surface area contributed by atoms with Crippen LogP contribution in [0.5, 0.6) is 0 Å². The molecule has 1 aliphatic rings. The molecule has 0 aliphatic carbocycles. The molecule has 4 nitrogen and oxygen atoms in total. The van der Waals surface area contributed by atoms with E-state index in [-0.39, 0.29) is 0 Å². The van der Waals surface area contributed by atoms with Crippen molar-refractivity contribution in [1.29, 1.82) is 0 Å². The zero-order valence-corrected chi connectivity index (χ0v) is 11.9. The summed E-state index contributed by atoms with van der Waals surface area (Å²) in [5.41, 5.74) is 1.09. The molecule has 5 heteroatoms. The summed E-state index contributed by atoms with van der Waals surface area (Å²) in [6.07, 6.45) is 1.18. The normalized spacial score (nSPS) is 16.8. The minimum absolute atomic E-state index is 1.00. The smallest absolute Gasteiger partial charge is 0.183 e. The van der Waals surface area contributed by atoms with Crippen molar-refractivity contribution in [2.24, 2.45) is 0 Å². The molecule has 0 spiro atoms. The zero-order valence-electron chi connectivity index (χ0n) is 11.1. The Kier molecular flexibility index (Phi) is 4.27. The molecule has 1 aromatic heterocycles. The Morgan fingerprint density at radius 2 is 2.11 bits per heavy atom. The standard InChI is InChI=1S/C14H20N4S/c1-2-5-13-12(4-1)17-14(19-13)16-6-3-9-18-10-7-15-8-11-18/h1-2,4-5,15H,3,6-11H2,(H,16,17).